The Hall–Kier alpha value is -2.31. The van der Waals surface area contributed by atoms with E-state index >= 15 is 0 Å². The maximum Gasteiger partial charge on any atom is 0.225 e. The third kappa shape index (κ3) is 2.63. The van der Waals surface area contributed by atoms with Crippen LogP contribution in [0.4, 0.5) is 11.8 Å². The van der Waals surface area contributed by atoms with Gasteiger partial charge in [-0.05, 0) is 6.92 Å². The molecule has 0 aliphatic carbocycles. The van der Waals surface area contributed by atoms with Gasteiger partial charge in [-0.25, -0.2) is 4.98 Å². The molecule has 7 nitrogen and oxygen atoms in total. The second kappa shape index (κ2) is 4.69. The maximum atomic E-state index is 5.56. The summed E-state index contributed by atoms with van der Waals surface area (Å²) in [5.41, 5.74) is 5.56. The molecule has 0 saturated carbocycles. The first kappa shape index (κ1) is 11.2. The molecule has 90 valence electrons. The van der Waals surface area contributed by atoms with Crippen molar-refractivity contribution in [2.45, 2.75) is 13.0 Å². The SMILES string of the molecule is COc1cc(NC(C)c2ncc[nH]2)nc(N)n1. The van der Waals surface area contributed by atoms with Gasteiger partial charge in [0.25, 0.3) is 0 Å². The third-order valence-electron chi connectivity index (χ3n) is 2.22. The number of nitrogens with two attached hydrogens (primary N) is 1. The van der Waals surface area contributed by atoms with Crippen LogP contribution >= 0.6 is 0 Å². The summed E-state index contributed by atoms with van der Waals surface area (Å²) in [5.74, 6) is 2.00. The fourth-order valence-electron chi connectivity index (χ4n) is 1.43. The molecule has 2 heterocycles. The number of nitrogens with one attached hydrogen (secondary N) is 2. The van der Waals surface area contributed by atoms with Crippen LogP contribution in [0.2, 0.25) is 0 Å². The molecule has 0 saturated heterocycles. The molecular formula is C10H14N6O. The minimum atomic E-state index is -0.0102. The number of nitrogens with zero attached hydrogens (tertiary/aromatic N) is 3. The van der Waals surface area contributed by atoms with E-state index in [9.17, 15) is 0 Å². The molecule has 0 bridgehead atoms. The van der Waals surface area contributed by atoms with Gasteiger partial charge in [-0.1, -0.05) is 0 Å². The van der Waals surface area contributed by atoms with Crippen LogP contribution in [0.15, 0.2) is 18.5 Å². The van der Waals surface area contributed by atoms with Gasteiger partial charge in [0.15, 0.2) is 0 Å². The first-order valence-electron chi connectivity index (χ1n) is 5.13. The summed E-state index contributed by atoms with van der Waals surface area (Å²) < 4.78 is 5.01. The second-order valence-corrected chi connectivity index (χ2v) is 3.49. The molecule has 0 radical (unpaired) electrons. The molecule has 2 rings (SSSR count). The van der Waals surface area contributed by atoms with E-state index in [1.165, 1.54) is 7.11 Å². The van der Waals surface area contributed by atoms with Crippen LogP contribution in [-0.4, -0.2) is 27.0 Å². The monoisotopic (exact) mass is 234 g/mol. The summed E-state index contributed by atoms with van der Waals surface area (Å²) in [4.78, 5) is 15.1. The highest BCUT2D eigenvalue weighted by Gasteiger charge is 2.09. The van der Waals surface area contributed by atoms with Gasteiger partial charge < -0.3 is 20.8 Å². The summed E-state index contributed by atoms with van der Waals surface area (Å²) in [6.07, 6.45) is 3.46. The molecule has 0 amide bonds. The number of H-pyrrole nitrogens is 1. The molecule has 2 aromatic heterocycles. The van der Waals surface area contributed by atoms with Crippen molar-refractivity contribution < 1.29 is 4.74 Å². The lowest BCUT2D eigenvalue weighted by molar-refractivity contribution is 0.398. The first-order valence-corrected chi connectivity index (χ1v) is 5.13. The van der Waals surface area contributed by atoms with Crippen molar-refractivity contribution in [3.05, 3.63) is 24.3 Å². The molecule has 0 aromatic carbocycles. The molecule has 1 atom stereocenters. The Balaban J connectivity index is 2.15. The lowest BCUT2D eigenvalue weighted by Crippen LogP contribution is -2.11. The first-order chi connectivity index (χ1) is 8.19. The zero-order valence-electron chi connectivity index (χ0n) is 9.64. The summed E-state index contributed by atoms with van der Waals surface area (Å²) >= 11 is 0. The standard InChI is InChI=1S/C10H14N6O/c1-6(9-12-3-4-13-9)14-7-5-8(17-2)16-10(11)15-7/h3-6H,1-2H3,(H,12,13)(H3,11,14,15,16). The largest absolute Gasteiger partial charge is 0.481 e. The van der Waals surface area contributed by atoms with E-state index in [1.54, 1.807) is 18.5 Å². The van der Waals surface area contributed by atoms with Crippen molar-refractivity contribution in [1.29, 1.82) is 0 Å². The molecule has 0 aliphatic rings. The molecule has 1 unspecified atom stereocenters. The summed E-state index contributed by atoms with van der Waals surface area (Å²) in [6, 6.07) is 1.67. The van der Waals surface area contributed by atoms with Crippen LogP contribution in [0.3, 0.4) is 0 Å². The van der Waals surface area contributed by atoms with E-state index < -0.39 is 0 Å². The van der Waals surface area contributed by atoms with Crippen LogP contribution in [0.25, 0.3) is 0 Å². The van der Waals surface area contributed by atoms with Gasteiger partial charge in [-0.3, -0.25) is 0 Å². The van der Waals surface area contributed by atoms with Gasteiger partial charge >= 0.3 is 0 Å². The van der Waals surface area contributed by atoms with E-state index in [0.717, 1.165) is 5.82 Å². The number of hydrogen-bond acceptors (Lipinski definition) is 6. The van der Waals surface area contributed by atoms with E-state index in [2.05, 4.69) is 25.3 Å². The van der Waals surface area contributed by atoms with Crippen LogP contribution in [0, 0.1) is 0 Å². The normalized spacial score (nSPS) is 12.1. The number of anilines is 2. The average Bonchev–Trinajstić information content (AvgIpc) is 2.81. The number of imidazole rings is 1. The van der Waals surface area contributed by atoms with Crippen molar-refractivity contribution in [2.75, 3.05) is 18.2 Å². The van der Waals surface area contributed by atoms with E-state index in [-0.39, 0.29) is 12.0 Å². The highest BCUT2D eigenvalue weighted by atomic mass is 16.5. The van der Waals surface area contributed by atoms with Crippen molar-refractivity contribution in [3.63, 3.8) is 0 Å². The van der Waals surface area contributed by atoms with Crippen molar-refractivity contribution in [1.82, 2.24) is 19.9 Å². The second-order valence-electron chi connectivity index (χ2n) is 3.49. The molecule has 2 aromatic rings. The van der Waals surface area contributed by atoms with Crippen molar-refractivity contribution in [3.8, 4) is 5.88 Å². The fraction of sp³-hybridized carbons (Fsp3) is 0.300. The van der Waals surface area contributed by atoms with Crippen LogP contribution in [0.5, 0.6) is 5.88 Å². The summed E-state index contributed by atoms with van der Waals surface area (Å²) in [7, 11) is 1.53. The predicted molar refractivity (Wildman–Crippen MR) is 63.6 cm³/mol. The Morgan fingerprint density at radius 3 is 2.94 bits per heavy atom. The Morgan fingerprint density at radius 1 is 1.47 bits per heavy atom. The zero-order valence-corrected chi connectivity index (χ0v) is 9.64. The zero-order chi connectivity index (χ0) is 12.3. The Morgan fingerprint density at radius 2 is 2.29 bits per heavy atom. The topological polar surface area (TPSA) is 102 Å². The summed E-state index contributed by atoms with van der Waals surface area (Å²) in [6.45, 7) is 1.96. The average molecular weight is 234 g/mol. The van der Waals surface area contributed by atoms with Gasteiger partial charge in [-0.15, -0.1) is 0 Å². The maximum absolute atomic E-state index is 5.56. The van der Waals surface area contributed by atoms with Crippen LogP contribution in [-0.2, 0) is 0 Å². The number of methoxy groups -OCH3 is 1. The van der Waals surface area contributed by atoms with Crippen LogP contribution in [0.1, 0.15) is 18.8 Å². The number of hydrogen-bond donors (Lipinski definition) is 3. The lowest BCUT2D eigenvalue weighted by atomic mass is 10.3. The molecule has 4 N–H and O–H groups in total. The van der Waals surface area contributed by atoms with E-state index in [4.69, 9.17) is 10.5 Å². The lowest BCUT2D eigenvalue weighted by Gasteiger charge is -2.12. The molecule has 0 aliphatic heterocycles. The van der Waals surface area contributed by atoms with Gasteiger partial charge in [0.05, 0.1) is 13.2 Å². The Bertz CT molecular complexity index is 484. The van der Waals surface area contributed by atoms with Gasteiger partial charge in [-0.2, -0.15) is 9.97 Å². The number of ether oxygens (including phenoxy) is 1. The van der Waals surface area contributed by atoms with Gasteiger partial charge in [0, 0.05) is 18.5 Å². The predicted octanol–water partition coefficient (Wildman–Crippen LogP) is 0.964. The van der Waals surface area contributed by atoms with Crippen molar-refractivity contribution in [2.24, 2.45) is 0 Å². The number of aromatic nitrogens is 4. The smallest absolute Gasteiger partial charge is 0.225 e. The number of nitrogen functional groups attached to an aromatic ring is 1. The van der Waals surface area contributed by atoms with E-state index in [1.807, 2.05) is 6.92 Å². The highest BCUT2D eigenvalue weighted by molar-refractivity contribution is 5.43. The summed E-state index contributed by atoms with van der Waals surface area (Å²) in [5, 5.41) is 3.15. The van der Waals surface area contributed by atoms with E-state index in [0.29, 0.717) is 11.7 Å². The van der Waals surface area contributed by atoms with Gasteiger partial charge in [0.2, 0.25) is 11.8 Å². The minimum absolute atomic E-state index is 0.0102. The minimum Gasteiger partial charge on any atom is -0.481 e. The molecular weight excluding hydrogens is 220 g/mol. The molecule has 0 fully saturated rings. The quantitative estimate of drug-likeness (QED) is 0.728. The number of aromatic amines is 1. The highest BCUT2D eigenvalue weighted by Crippen LogP contribution is 2.18. The van der Waals surface area contributed by atoms with Gasteiger partial charge in [0.1, 0.15) is 11.6 Å². The number of rotatable bonds is 4. The molecule has 0 spiro atoms. The Kier molecular flexibility index (Phi) is 3.08. The Labute approximate surface area is 98.5 Å². The molecule has 7 heteroatoms. The molecule has 17 heavy (non-hydrogen) atoms. The van der Waals surface area contributed by atoms with Crippen molar-refractivity contribution >= 4 is 11.8 Å². The third-order valence-corrected chi connectivity index (χ3v) is 2.22. The fourth-order valence-corrected chi connectivity index (χ4v) is 1.43. The van der Waals surface area contributed by atoms with Crippen LogP contribution < -0.4 is 15.8 Å².